The normalized spacial score (nSPS) is 10.3. The van der Waals surface area contributed by atoms with Gasteiger partial charge in [0.1, 0.15) is 5.75 Å². The van der Waals surface area contributed by atoms with Crippen molar-refractivity contribution in [2.45, 2.75) is 33.3 Å². The summed E-state index contributed by atoms with van der Waals surface area (Å²) in [6.45, 7) is 6.62. The van der Waals surface area contributed by atoms with Gasteiger partial charge in [-0.1, -0.05) is 6.07 Å². The second-order valence-corrected chi connectivity index (χ2v) is 4.91. The van der Waals surface area contributed by atoms with E-state index in [1.807, 2.05) is 26.8 Å². The molecule has 0 unspecified atom stereocenters. The zero-order chi connectivity index (χ0) is 15.8. The standard InChI is InChI=1S/C16H23NO4/c1-5-17(10-9-15(18)20-4)16(19)13-7-6-8-14(11-13)21-12(2)3/h6-8,11-12H,5,9-10H2,1-4H3. The van der Waals surface area contributed by atoms with Crippen LogP contribution in [0, 0.1) is 0 Å². The highest BCUT2D eigenvalue weighted by Gasteiger charge is 2.16. The second-order valence-electron chi connectivity index (χ2n) is 4.91. The van der Waals surface area contributed by atoms with Crippen molar-refractivity contribution >= 4 is 11.9 Å². The van der Waals surface area contributed by atoms with Gasteiger partial charge < -0.3 is 14.4 Å². The zero-order valence-electron chi connectivity index (χ0n) is 13.1. The Labute approximate surface area is 125 Å². The highest BCUT2D eigenvalue weighted by atomic mass is 16.5. The highest BCUT2D eigenvalue weighted by Crippen LogP contribution is 2.16. The second kappa shape index (κ2) is 8.29. The van der Waals surface area contributed by atoms with Gasteiger partial charge in [-0.25, -0.2) is 0 Å². The van der Waals surface area contributed by atoms with E-state index >= 15 is 0 Å². The Morgan fingerprint density at radius 1 is 1.29 bits per heavy atom. The Hall–Kier alpha value is -2.04. The predicted octanol–water partition coefficient (Wildman–Crippen LogP) is 2.50. The number of methoxy groups -OCH3 is 1. The molecule has 1 aromatic carbocycles. The summed E-state index contributed by atoms with van der Waals surface area (Å²) in [6.07, 6.45) is 0.245. The van der Waals surface area contributed by atoms with Crippen LogP contribution in [-0.2, 0) is 9.53 Å². The smallest absolute Gasteiger partial charge is 0.307 e. The van der Waals surface area contributed by atoms with Crippen molar-refractivity contribution < 1.29 is 19.1 Å². The van der Waals surface area contributed by atoms with Crippen molar-refractivity contribution in [2.24, 2.45) is 0 Å². The minimum absolute atomic E-state index is 0.0527. The first-order valence-corrected chi connectivity index (χ1v) is 7.10. The first-order valence-electron chi connectivity index (χ1n) is 7.10. The number of hydrogen-bond donors (Lipinski definition) is 0. The summed E-state index contributed by atoms with van der Waals surface area (Å²) in [5.41, 5.74) is 0.555. The van der Waals surface area contributed by atoms with Crippen LogP contribution in [0.4, 0.5) is 0 Å². The Morgan fingerprint density at radius 2 is 2.00 bits per heavy atom. The van der Waals surface area contributed by atoms with E-state index in [4.69, 9.17) is 4.74 Å². The van der Waals surface area contributed by atoms with Crippen molar-refractivity contribution in [3.8, 4) is 5.75 Å². The Kier molecular flexibility index (Phi) is 6.72. The average molecular weight is 293 g/mol. The van der Waals surface area contributed by atoms with Crippen molar-refractivity contribution in [1.29, 1.82) is 0 Å². The van der Waals surface area contributed by atoms with Gasteiger partial charge >= 0.3 is 5.97 Å². The molecule has 0 aliphatic heterocycles. The summed E-state index contributed by atoms with van der Waals surface area (Å²) in [4.78, 5) is 25.2. The number of rotatable bonds is 7. The number of carbonyl (C=O) groups excluding carboxylic acids is 2. The number of amides is 1. The molecule has 0 radical (unpaired) electrons. The largest absolute Gasteiger partial charge is 0.491 e. The molecule has 0 N–H and O–H groups in total. The van der Waals surface area contributed by atoms with Crippen LogP contribution < -0.4 is 4.74 Å². The third kappa shape index (κ3) is 5.45. The minimum atomic E-state index is -0.321. The molecule has 116 valence electrons. The van der Waals surface area contributed by atoms with Crippen LogP contribution in [0.3, 0.4) is 0 Å². The van der Waals surface area contributed by atoms with Gasteiger partial charge in [-0.3, -0.25) is 9.59 Å². The molecule has 5 nitrogen and oxygen atoms in total. The van der Waals surface area contributed by atoms with E-state index < -0.39 is 0 Å². The average Bonchev–Trinajstić information content (AvgIpc) is 2.46. The molecule has 21 heavy (non-hydrogen) atoms. The molecule has 0 saturated carbocycles. The fourth-order valence-corrected chi connectivity index (χ4v) is 1.89. The molecule has 0 bridgehead atoms. The van der Waals surface area contributed by atoms with Crippen LogP contribution in [0.2, 0.25) is 0 Å². The quantitative estimate of drug-likeness (QED) is 0.725. The third-order valence-electron chi connectivity index (χ3n) is 2.94. The molecule has 1 rings (SSSR count). The maximum atomic E-state index is 12.4. The maximum Gasteiger partial charge on any atom is 0.307 e. The summed E-state index contributed by atoms with van der Waals surface area (Å²) < 4.78 is 10.2. The molecule has 1 amide bonds. The van der Waals surface area contributed by atoms with E-state index in [2.05, 4.69) is 4.74 Å². The lowest BCUT2D eigenvalue weighted by atomic mass is 10.2. The molecule has 0 aliphatic rings. The maximum absolute atomic E-state index is 12.4. The molecule has 5 heteroatoms. The van der Waals surface area contributed by atoms with Gasteiger partial charge in [-0.2, -0.15) is 0 Å². The molecule has 0 aliphatic carbocycles. The third-order valence-corrected chi connectivity index (χ3v) is 2.94. The number of benzene rings is 1. The van der Waals surface area contributed by atoms with Crippen LogP contribution in [-0.4, -0.2) is 43.1 Å². The van der Waals surface area contributed by atoms with Crippen LogP contribution >= 0.6 is 0 Å². The molecular weight excluding hydrogens is 270 g/mol. The minimum Gasteiger partial charge on any atom is -0.491 e. The number of nitrogens with zero attached hydrogens (tertiary/aromatic N) is 1. The van der Waals surface area contributed by atoms with Crippen LogP contribution in [0.5, 0.6) is 5.75 Å². The molecule has 0 saturated heterocycles. The van der Waals surface area contributed by atoms with E-state index in [-0.39, 0.29) is 24.4 Å². The van der Waals surface area contributed by atoms with E-state index in [0.29, 0.717) is 24.4 Å². The first kappa shape index (κ1) is 17.0. The number of ether oxygens (including phenoxy) is 2. The highest BCUT2D eigenvalue weighted by molar-refractivity contribution is 5.94. The van der Waals surface area contributed by atoms with Crippen LogP contribution in [0.1, 0.15) is 37.6 Å². The van der Waals surface area contributed by atoms with Gasteiger partial charge in [0, 0.05) is 18.7 Å². The Morgan fingerprint density at radius 3 is 2.57 bits per heavy atom. The van der Waals surface area contributed by atoms with E-state index in [1.54, 1.807) is 23.1 Å². The predicted molar refractivity (Wildman–Crippen MR) is 80.4 cm³/mol. The van der Waals surface area contributed by atoms with Crippen molar-refractivity contribution in [1.82, 2.24) is 4.90 Å². The number of esters is 1. The SMILES string of the molecule is CCN(CCC(=O)OC)C(=O)c1cccc(OC(C)C)c1. The van der Waals surface area contributed by atoms with Crippen molar-refractivity contribution in [3.63, 3.8) is 0 Å². The molecule has 0 atom stereocenters. The van der Waals surface area contributed by atoms with E-state index in [0.717, 1.165) is 0 Å². The molecule has 1 aromatic rings. The number of carbonyl (C=O) groups is 2. The summed E-state index contributed by atoms with van der Waals surface area (Å²) in [7, 11) is 1.34. The Balaban J connectivity index is 2.77. The number of hydrogen-bond acceptors (Lipinski definition) is 4. The fourth-order valence-electron chi connectivity index (χ4n) is 1.89. The molecule has 0 fully saturated rings. The zero-order valence-corrected chi connectivity index (χ0v) is 13.1. The monoisotopic (exact) mass is 293 g/mol. The van der Waals surface area contributed by atoms with E-state index in [1.165, 1.54) is 7.11 Å². The van der Waals surface area contributed by atoms with Gasteiger partial charge in [0.2, 0.25) is 0 Å². The fraction of sp³-hybridized carbons (Fsp3) is 0.500. The van der Waals surface area contributed by atoms with Gasteiger partial charge in [-0.05, 0) is 39.0 Å². The summed E-state index contributed by atoms with van der Waals surface area (Å²) in [5, 5.41) is 0. The first-order chi connectivity index (χ1) is 9.97. The topological polar surface area (TPSA) is 55.8 Å². The van der Waals surface area contributed by atoms with Gasteiger partial charge in [0.25, 0.3) is 5.91 Å². The summed E-state index contributed by atoms with van der Waals surface area (Å²) >= 11 is 0. The van der Waals surface area contributed by atoms with Crippen molar-refractivity contribution in [2.75, 3.05) is 20.2 Å². The summed E-state index contributed by atoms with van der Waals surface area (Å²) in [5.74, 6) is 0.230. The van der Waals surface area contributed by atoms with Gasteiger partial charge in [0.05, 0.1) is 19.6 Å². The lowest BCUT2D eigenvalue weighted by molar-refractivity contribution is -0.140. The lowest BCUT2D eigenvalue weighted by Gasteiger charge is -2.21. The van der Waals surface area contributed by atoms with Crippen molar-refractivity contribution in [3.05, 3.63) is 29.8 Å². The molecule has 0 spiro atoms. The van der Waals surface area contributed by atoms with Gasteiger partial charge in [0.15, 0.2) is 0 Å². The van der Waals surface area contributed by atoms with E-state index in [9.17, 15) is 9.59 Å². The molecule has 0 heterocycles. The molecular formula is C16H23NO4. The lowest BCUT2D eigenvalue weighted by Crippen LogP contribution is -2.33. The van der Waals surface area contributed by atoms with Crippen LogP contribution in [0.25, 0.3) is 0 Å². The Bertz CT molecular complexity index is 485. The molecule has 0 aromatic heterocycles. The van der Waals surface area contributed by atoms with Gasteiger partial charge in [-0.15, -0.1) is 0 Å². The van der Waals surface area contributed by atoms with Crippen LogP contribution in [0.15, 0.2) is 24.3 Å². The summed E-state index contributed by atoms with van der Waals surface area (Å²) in [6, 6.07) is 7.08.